The lowest BCUT2D eigenvalue weighted by molar-refractivity contribution is 0.134. The summed E-state index contributed by atoms with van der Waals surface area (Å²) in [5, 5.41) is 0. The molecule has 0 spiro atoms. The van der Waals surface area contributed by atoms with Gasteiger partial charge < -0.3 is 0 Å². The molecule has 0 aromatic rings. The zero-order valence-corrected chi connectivity index (χ0v) is 17.9. The fourth-order valence-corrected chi connectivity index (χ4v) is 5.32. The second-order valence-corrected chi connectivity index (χ2v) is 9.58. The maximum absolute atomic E-state index is 2.85. The molecule has 0 N–H and O–H groups in total. The minimum Gasteiger partial charge on any atom is -0.296 e. The van der Waals surface area contributed by atoms with Crippen LogP contribution in [0.25, 0.3) is 0 Å². The molecule has 2 bridgehead atoms. The van der Waals surface area contributed by atoms with Gasteiger partial charge in [0, 0.05) is 12.6 Å². The van der Waals surface area contributed by atoms with E-state index in [9.17, 15) is 0 Å². The molecule has 0 aliphatic heterocycles. The highest BCUT2D eigenvalue weighted by atomic mass is 15.2. The predicted octanol–water partition coefficient (Wildman–Crippen LogP) is 7.00. The van der Waals surface area contributed by atoms with E-state index in [4.69, 9.17) is 0 Å². The van der Waals surface area contributed by atoms with Gasteiger partial charge in [-0.25, -0.2) is 0 Å². The van der Waals surface area contributed by atoms with Crippen molar-refractivity contribution in [1.82, 2.24) is 4.90 Å². The summed E-state index contributed by atoms with van der Waals surface area (Å²) >= 11 is 0. The molecule has 0 radical (unpaired) electrons. The molecule has 0 aromatic heterocycles. The first-order chi connectivity index (χ1) is 11.9. The lowest BCUT2D eigenvalue weighted by Gasteiger charge is -2.36. The molecule has 3 unspecified atom stereocenters. The average Bonchev–Trinajstić information content (AvgIpc) is 2.98. The number of nitrogens with zero attached hydrogens (tertiary/aromatic N) is 1. The second kappa shape index (κ2) is 9.40. The summed E-state index contributed by atoms with van der Waals surface area (Å²) in [7, 11) is 0. The molecule has 2 saturated carbocycles. The van der Waals surface area contributed by atoms with Crippen LogP contribution in [-0.2, 0) is 0 Å². The van der Waals surface area contributed by atoms with Crippen molar-refractivity contribution in [3.63, 3.8) is 0 Å². The molecule has 0 amide bonds. The summed E-state index contributed by atoms with van der Waals surface area (Å²) in [5.74, 6) is 1.90. The van der Waals surface area contributed by atoms with Crippen LogP contribution in [-0.4, -0.2) is 24.0 Å². The third-order valence-electron chi connectivity index (χ3n) is 7.11. The molecule has 1 heteroatoms. The standard InChI is InChI=1S/C24H43N/c1-7-8-9-16-25(17-15-20(4)12-10-11-19(2)3)23-18-21-13-14-22(23)24(21,5)6/h11,15,21-23H,7-10,12-14,16-18H2,1-6H3/b20-15+. The third-order valence-corrected chi connectivity index (χ3v) is 7.11. The van der Waals surface area contributed by atoms with Crippen molar-refractivity contribution in [3.8, 4) is 0 Å². The first kappa shape index (κ1) is 20.7. The Bertz CT molecular complexity index is 466. The molecule has 0 aromatic carbocycles. The zero-order valence-electron chi connectivity index (χ0n) is 17.9. The minimum absolute atomic E-state index is 0.579. The number of rotatable bonds is 10. The smallest absolute Gasteiger partial charge is 0.0168 e. The molecule has 1 nitrogen and oxygen atoms in total. The minimum atomic E-state index is 0.579. The highest BCUT2D eigenvalue weighted by Crippen LogP contribution is 2.58. The first-order valence-electron chi connectivity index (χ1n) is 10.9. The van der Waals surface area contributed by atoms with E-state index in [2.05, 4.69) is 58.6 Å². The highest BCUT2D eigenvalue weighted by Gasteiger charge is 2.54. The van der Waals surface area contributed by atoms with Gasteiger partial charge in [-0.15, -0.1) is 0 Å². The second-order valence-electron chi connectivity index (χ2n) is 9.58. The maximum atomic E-state index is 2.85. The first-order valence-corrected chi connectivity index (χ1v) is 10.9. The highest BCUT2D eigenvalue weighted by molar-refractivity contribution is 5.08. The van der Waals surface area contributed by atoms with Crippen LogP contribution in [0.15, 0.2) is 23.3 Å². The van der Waals surface area contributed by atoms with Crippen LogP contribution in [0.5, 0.6) is 0 Å². The normalized spacial score (nSPS) is 28.0. The summed E-state index contributed by atoms with van der Waals surface area (Å²) in [4.78, 5) is 2.85. The summed E-state index contributed by atoms with van der Waals surface area (Å²) in [6.45, 7) is 16.6. The van der Waals surface area contributed by atoms with E-state index in [1.165, 1.54) is 70.0 Å². The van der Waals surface area contributed by atoms with Gasteiger partial charge in [0.15, 0.2) is 0 Å². The fourth-order valence-electron chi connectivity index (χ4n) is 5.32. The van der Waals surface area contributed by atoms with Crippen LogP contribution in [0.3, 0.4) is 0 Å². The molecule has 3 atom stereocenters. The molecule has 0 heterocycles. The van der Waals surface area contributed by atoms with Crippen LogP contribution >= 0.6 is 0 Å². The molecular formula is C24H43N. The summed E-state index contributed by atoms with van der Waals surface area (Å²) in [6.07, 6.45) is 15.8. The molecule has 2 aliphatic carbocycles. The Balaban J connectivity index is 1.95. The quantitative estimate of drug-likeness (QED) is 0.304. The number of allylic oxidation sites excluding steroid dienone is 3. The van der Waals surface area contributed by atoms with E-state index >= 15 is 0 Å². The molecule has 2 fully saturated rings. The van der Waals surface area contributed by atoms with Gasteiger partial charge in [0.1, 0.15) is 0 Å². The van der Waals surface area contributed by atoms with Crippen LogP contribution < -0.4 is 0 Å². The predicted molar refractivity (Wildman–Crippen MR) is 112 cm³/mol. The SMILES string of the molecule is CCCCCN(C/C=C(\C)CCC=C(C)C)C1CC2CCC1C2(C)C. The molecule has 2 rings (SSSR count). The van der Waals surface area contributed by atoms with Crippen molar-refractivity contribution < 1.29 is 0 Å². The van der Waals surface area contributed by atoms with E-state index in [0.717, 1.165) is 17.9 Å². The van der Waals surface area contributed by atoms with Crippen LogP contribution in [0, 0.1) is 17.3 Å². The molecular weight excluding hydrogens is 302 g/mol. The molecule has 144 valence electrons. The van der Waals surface area contributed by atoms with Crippen molar-refractivity contribution >= 4 is 0 Å². The number of fused-ring (bicyclic) bond motifs is 2. The Labute approximate surface area is 158 Å². The lowest BCUT2D eigenvalue weighted by atomic mass is 9.81. The largest absolute Gasteiger partial charge is 0.296 e. The Morgan fingerprint density at radius 3 is 2.40 bits per heavy atom. The zero-order chi connectivity index (χ0) is 18.4. The van der Waals surface area contributed by atoms with Crippen LogP contribution in [0.4, 0.5) is 0 Å². The number of hydrogen-bond acceptors (Lipinski definition) is 1. The van der Waals surface area contributed by atoms with Gasteiger partial charge in [0.2, 0.25) is 0 Å². The Morgan fingerprint density at radius 2 is 1.84 bits per heavy atom. The van der Waals surface area contributed by atoms with Crippen molar-refractivity contribution in [2.45, 2.75) is 99.0 Å². The monoisotopic (exact) mass is 345 g/mol. The van der Waals surface area contributed by atoms with Gasteiger partial charge in [-0.2, -0.15) is 0 Å². The van der Waals surface area contributed by atoms with E-state index in [1.54, 1.807) is 5.57 Å². The molecule has 0 saturated heterocycles. The van der Waals surface area contributed by atoms with Crippen LogP contribution in [0.2, 0.25) is 0 Å². The van der Waals surface area contributed by atoms with Crippen molar-refractivity contribution in [3.05, 3.63) is 23.3 Å². The van der Waals surface area contributed by atoms with Crippen molar-refractivity contribution in [2.24, 2.45) is 17.3 Å². The Kier molecular flexibility index (Phi) is 7.80. The van der Waals surface area contributed by atoms with E-state index < -0.39 is 0 Å². The van der Waals surface area contributed by atoms with Gasteiger partial charge in [0.25, 0.3) is 0 Å². The topological polar surface area (TPSA) is 3.24 Å². The molecule has 25 heavy (non-hydrogen) atoms. The van der Waals surface area contributed by atoms with Gasteiger partial charge in [-0.1, -0.05) is 56.9 Å². The number of hydrogen-bond donors (Lipinski definition) is 0. The third kappa shape index (κ3) is 5.46. The fraction of sp³-hybridized carbons (Fsp3) is 0.833. The molecule has 2 aliphatic rings. The van der Waals surface area contributed by atoms with Gasteiger partial charge >= 0.3 is 0 Å². The maximum Gasteiger partial charge on any atom is 0.0168 e. The Hall–Kier alpha value is -0.560. The van der Waals surface area contributed by atoms with Gasteiger partial charge in [-0.3, -0.25) is 4.90 Å². The lowest BCUT2D eigenvalue weighted by Crippen LogP contribution is -2.41. The number of unbranched alkanes of at least 4 members (excludes halogenated alkanes) is 2. The van der Waals surface area contributed by atoms with Gasteiger partial charge in [-0.05, 0) is 83.1 Å². The van der Waals surface area contributed by atoms with E-state index in [1.807, 2.05) is 0 Å². The average molecular weight is 346 g/mol. The van der Waals surface area contributed by atoms with E-state index in [-0.39, 0.29) is 0 Å². The van der Waals surface area contributed by atoms with E-state index in [0.29, 0.717) is 5.41 Å². The van der Waals surface area contributed by atoms with Crippen molar-refractivity contribution in [2.75, 3.05) is 13.1 Å². The Morgan fingerprint density at radius 1 is 1.08 bits per heavy atom. The summed E-state index contributed by atoms with van der Waals surface area (Å²) < 4.78 is 0. The summed E-state index contributed by atoms with van der Waals surface area (Å²) in [6, 6.07) is 0.840. The van der Waals surface area contributed by atoms with Gasteiger partial charge in [0.05, 0.1) is 0 Å². The van der Waals surface area contributed by atoms with Crippen molar-refractivity contribution in [1.29, 1.82) is 0 Å². The summed E-state index contributed by atoms with van der Waals surface area (Å²) in [5.41, 5.74) is 3.59. The van der Waals surface area contributed by atoms with Crippen LogP contribution in [0.1, 0.15) is 92.9 Å².